The van der Waals surface area contributed by atoms with E-state index in [1.807, 2.05) is 6.92 Å². The molecule has 0 aromatic heterocycles. The molecule has 0 atom stereocenters. The average molecular weight is 326 g/mol. The minimum atomic E-state index is -0.389. The molecule has 1 aliphatic carbocycles. The average Bonchev–Trinajstić information content (AvgIpc) is 2.80. The van der Waals surface area contributed by atoms with Crippen molar-refractivity contribution < 1.29 is 14.4 Å². The summed E-state index contributed by atoms with van der Waals surface area (Å²) in [6, 6.07) is 5.15. The fourth-order valence-electron chi connectivity index (χ4n) is 3.24. The van der Waals surface area contributed by atoms with Crippen LogP contribution < -0.4 is 5.32 Å². The van der Waals surface area contributed by atoms with Crippen LogP contribution >= 0.6 is 0 Å². The molecule has 126 valence electrons. The van der Waals surface area contributed by atoms with Gasteiger partial charge < -0.3 is 5.32 Å². The number of aryl methyl sites for hydroxylation is 1. The molecule has 0 fully saturated rings. The molecular formula is C19H22N2O3. The van der Waals surface area contributed by atoms with E-state index in [-0.39, 0.29) is 24.3 Å². The maximum atomic E-state index is 12.3. The van der Waals surface area contributed by atoms with Crippen molar-refractivity contribution >= 4 is 17.7 Å². The second-order valence-corrected chi connectivity index (χ2v) is 6.45. The number of nitrogens with one attached hydrogen (secondary N) is 1. The number of carbonyl (C=O) groups excluding carboxylic acids is 3. The van der Waals surface area contributed by atoms with E-state index in [4.69, 9.17) is 0 Å². The molecule has 5 heteroatoms. The molecule has 1 heterocycles. The molecule has 0 saturated heterocycles. The van der Waals surface area contributed by atoms with Gasteiger partial charge in [-0.05, 0) is 51.2 Å². The lowest BCUT2D eigenvalue weighted by molar-refractivity contribution is -0.121. The number of benzene rings is 1. The molecule has 1 aliphatic heterocycles. The Morgan fingerprint density at radius 1 is 1.17 bits per heavy atom. The Kier molecular flexibility index (Phi) is 4.79. The van der Waals surface area contributed by atoms with Crippen molar-refractivity contribution in [2.45, 2.75) is 39.0 Å². The van der Waals surface area contributed by atoms with E-state index >= 15 is 0 Å². The van der Waals surface area contributed by atoms with E-state index in [9.17, 15) is 14.4 Å². The van der Waals surface area contributed by atoms with Gasteiger partial charge in [-0.25, -0.2) is 0 Å². The highest BCUT2D eigenvalue weighted by Crippen LogP contribution is 2.23. The molecule has 1 aromatic rings. The fourth-order valence-corrected chi connectivity index (χ4v) is 3.24. The molecule has 0 radical (unpaired) electrons. The Morgan fingerprint density at radius 3 is 2.71 bits per heavy atom. The summed E-state index contributed by atoms with van der Waals surface area (Å²) in [7, 11) is 0. The lowest BCUT2D eigenvalue weighted by atomic mass is 9.97. The van der Waals surface area contributed by atoms with Gasteiger partial charge in [0.05, 0.1) is 11.1 Å². The Labute approximate surface area is 141 Å². The van der Waals surface area contributed by atoms with E-state index in [0.717, 1.165) is 29.7 Å². The first kappa shape index (κ1) is 16.4. The molecule has 3 rings (SSSR count). The Balaban J connectivity index is 1.54. The molecule has 0 unspecified atom stereocenters. The van der Waals surface area contributed by atoms with E-state index in [1.54, 1.807) is 18.2 Å². The van der Waals surface area contributed by atoms with Crippen LogP contribution in [0.1, 0.15) is 58.4 Å². The minimum Gasteiger partial charge on any atom is -0.354 e. The summed E-state index contributed by atoms with van der Waals surface area (Å²) >= 11 is 0. The van der Waals surface area contributed by atoms with Crippen LogP contribution in [0.5, 0.6) is 0 Å². The SMILES string of the molecule is Cc1ccc2c(c1)C(=O)N(CC(=O)NCCC1=CCCCC1)C2=O. The normalized spacial score (nSPS) is 16.9. The summed E-state index contributed by atoms with van der Waals surface area (Å²) < 4.78 is 0. The smallest absolute Gasteiger partial charge is 0.262 e. The zero-order valence-electron chi connectivity index (χ0n) is 13.9. The molecule has 1 N–H and O–H groups in total. The second-order valence-electron chi connectivity index (χ2n) is 6.45. The number of nitrogens with zero attached hydrogens (tertiary/aromatic N) is 1. The number of hydrogen-bond acceptors (Lipinski definition) is 3. The Hall–Kier alpha value is -2.43. The van der Waals surface area contributed by atoms with Gasteiger partial charge in [-0.1, -0.05) is 23.3 Å². The lowest BCUT2D eigenvalue weighted by Gasteiger charge is -2.15. The molecule has 0 saturated carbocycles. The maximum Gasteiger partial charge on any atom is 0.262 e. The van der Waals surface area contributed by atoms with Crippen molar-refractivity contribution in [1.29, 1.82) is 0 Å². The van der Waals surface area contributed by atoms with Crippen LogP contribution in [0.3, 0.4) is 0 Å². The molecule has 0 spiro atoms. The van der Waals surface area contributed by atoms with Crippen molar-refractivity contribution in [3.8, 4) is 0 Å². The molecule has 2 aliphatic rings. The zero-order valence-corrected chi connectivity index (χ0v) is 13.9. The van der Waals surface area contributed by atoms with Crippen molar-refractivity contribution in [1.82, 2.24) is 10.2 Å². The summed E-state index contributed by atoms with van der Waals surface area (Å²) in [6.07, 6.45) is 7.78. The minimum absolute atomic E-state index is 0.218. The fraction of sp³-hybridized carbons (Fsp3) is 0.421. The number of hydrogen-bond donors (Lipinski definition) is 1. The van der Waals surface area contributed by atoms with Crippen molar-refractivity contribution in [2.24, 2.45) is 0 Å². The monoisotopic (exact) mass is 326 g/mol. The van der Waals surface area contributed by atoms with Crippen molar-refractivity contribution in [3.63, 3.8) is 0 Å². The van der Waals surface area contributed by atoms with Crippen LogP contribution in [0.15, 0.2) is 29.8 Å². The van der Waals surface area contributed by atoms with Crippen LogP contribution in [0.2, 0.25) is 0 Å². The number of carbonyl (C=O) groups is 3. The van der Waals surface area contributed by atoms with Crippen LogP contribution in [0.25, 0.3) is 0 Å². The summed E-state index contributed by atoms with van der Waals surface area (Å²) in [4.78, 5) is 37.7. The predicted molar refractivity (Wildman–Crippen MR) is 90.7 cm³/mol. The van der Waals surface area contributed by atoms with Crippen LogP contribution in [0, 0.1) is 6.92 Å². The summed E-state index contributed by atoms with van der Waals surface area (Å²) in [6.45, 7) is 2.20. The standard InChI is InChI=1S/C19H22N2O3/c1-13-7-8-15-16(11-13)19(24)21(18(15)23)12-17(22)20-10-9-14-5-3-2-4-6-14/h5,7-8,11H,2-4,6,9-10,12H2,1H3,(H,20,22). The van der Waals surface area contributed by atoms with Crippen LogP contribution in [-0.4, -0.2) is 35.7 Å². The van der Waals surface area contributed by atoms with Gasteiger partial charge in [-0.2, -0.15) is 0 Å². The maximum absolute atomic E-state index is 12.3. The summed E-state index contributed by atoms with van der Waals surface area (Å²) in [5.41, 5.74) is 3.07. The third kappa shape index (κ3) is 3.40. The molecule has 1 aromatic carbocycles. The van der Waals surface area contributed by atoms with E-state index in [1.165, 1.54) is 18.4 Å². The Morgan fingerprint density at radius 2 is 1.96 bits per heavy atom. The molecule has 3 amide bonds. The topological polar surface area (TPSA) is 66.5 Å². The highest BCUT2D eigenvalue weighted by atomic mass is 16.2. The first-order valence-electron chi connectivity index (χ1n) is 8.47. The van der Waals surface area contributed by atoms with Gasteiger partial charge in [-0.3, -0.25) is 19.3 Å². The largest absolute Gasteiger partial charge is 0.354 e. The van der Waals surface area contributed by atoms with Crippen LogP contribution in [0.4, 0.5) is 0 Å². The van der Waals surface area contributed by atoms with Gasteiger partial charge in [0.15, 0.2) is 0 Å². The van der Waals surface area contributed by atoms with Gasteiger partial charge in [0.25, 0.3) is 11.8 Å². The number of rotatable bonds is 5. The molecule has 5 nitrogen and oxygen atoms in total. The summed E-state index contributed by atoms with van der Waals surface area (Å²) in [5.74, 6) is -1.07. The van der Waals surface area contributed by atoms with E-state index in [2.05, 4.69) is 11.4 Å². The highest BCUT2D eigenvalue weighted by molar-refractivity contribution is 6.22. The third-order valence-electron chi connectivity index (χ3n) is 4.58. The number of fused-ring (bicyclic) bond motifs is 1. The van der Waals surface area contributed by atoms with Crippen molar-refractivity contribution in [2.75, 3.05) is 13.1 Å². The third-order valence-corrected chi connectivity index (χ3v) is 4.58. The van der Waals surface area contributed by atoms with E-state index in [0.29, 0.717) is 17.7 Å². The van der Waals surface area contributed by atoms with E-state index < -0.39 is 0 Å². The van der Waals surface area contributed by atoms with Gasteiger partial charge >= 0.3 is 0 Å². The quantitative estimate of drug-likeness (QED) is 0.668. The first-order valence-corrected chi connectivity index (χ1v) is 8.47. The molecular weight excluding hydrogens is 304 g/mol. The Bertz CT molecular complexity index is 721. The second kappa shape index (κ2) is 6.99. The predicted octanol–water partition coefficient (Wildman–Crippen LogP) is 2.60. The van der Waals surface area contributed by atoms with Crippen LogP contribution in [-0.2, 0) is 4.79 Å². The first-order chi connectivity index (χ1) is 11.6. The van der Waals surface area contributed by atoms with Gasteiger partial charge in [0.1, 0.15) is 6.54 Å². The molecule has 0 bridgehead atoms. The highest BCUT2D eigenvalue weighted by Gasteiger charge is 2.36. The van der Waals surface area contributed by atoms with Gasteiger partial charge in [0, 0.05) is 6.54 Å². The lowest BCUT2D eigenvalue weighted by Crippen LogP contribution is -2.40. The number of allylic oxidation sites excluding steroid dienone is 1. The van der Waals surface area contributed by atoms with Crippen molar-refractivity contribution in [3.05, 3.63) is 46.5 Å². The van der Waals surface area contributed by atoms with Gasteiger partial charge in [0.2, 0.25) is 5.91 Å². The van der Waals surface area contributed by atoms with Gasteiger partial charge in [-0.15, -0.1) is 0 Å². The number of amides is 3. The number of imide groups is 1. The summed E-state index contributed by atoms with van der Waals surface area (Å²) in [5, 5.41) is 2.81. The molecule has 24 heavy (non-hydrogen) atoms. The zero-order chi connectivity index (χ0) is 17.1.